The van der Waals surface area contributed by atoms with Crippen molar-refractivity contribution in [3.63, 3.8) is 0 Å². The van der Waals surface area contributed by atoms with E-state index in [0.29, 0.717) is 5.56 Å². The number of nitrogens with zero attached hydrogens (tertiary/aromatic N) is 5. The van der Waals surface area contributed by atoms with Gasteiger partial charge >= 0.3 is 6.09 Å². The molecular formula is C31H31ClFN5O5. The second kappa shape index (κ2) is 10.7. The molecule has 0 N–H and O–H groups in total. The summed E-state index contributed by atoms with van der Waals surface area (Å²) in [6.45, 7) is 6.20. The van der Waals surface area contributed by atoms with Crippen LogP contribution in [-0.2, 0) is 11.8 Å². The van der Waals surface area contributed by atoms with Gasteiger partial charge in [0.15, 0.2) is 5.75 Å². The highest BCUT2D eigenvalue weighted by atomic mass is 35.5. The molecule has 0 spiro atoms. The van der Waals surface area contributed by atoms with Crippen molar-refractivity contribution < 1.29 is 28.2 Å². The minimum absolute atomic E-state index is 0.0160. The van der Waals surface area contributed by atoms with Crippen molar-refractivity contribution in [1.82, 2.24) is 24.6 Å². The average molecular weight is 608 g/mol. The molecule has 2 aliphatic heterocycles. The number of aryl methyl sites for hydroxylation is 1. The molecule has 2 aromatic carbocycles. The number of hydrogen-bond acceptors (Lipinski definition) is 7. The Bertz CT molecular complexity index is 1770. The quantitative estimate of drug-likeness (QED) is 0.301. The first-order chi connectivity index (χ1) is 20.5. The van der Waals surface area contributed by atoms with Crippen LogP contribution in [-0.4, -0.2) is 81.6 Å². The molecule has 0 bridgehead atoms. The van der Waals surface area contributed by atoms with Crippen LogP contribution in [0, 0.1) is 5.82 Å². The Morgan fingerprint density at radius 1 is 1.12 bits per heavy atom. The molecule has 1 saturated heterocycles. The molecule has 0 radical (unpaired) electrons. The summed E-state index contributed by atoms with van der Waals surface area (Å²) in [5, 5.41) is 5.12. The van der Waals surface area contributed by atoms with E-state index >= 15 is 4.39 Å². The SMILES string of the molecule is COc1cccc(F)c1-c1nc(-c2cccc3c2cnn3C)c2c(c1Cl)OCC1CN(C(=O)OC(C)(C)C)CCN1C2=O. The van der Waals surface area contributed by atoms with Crippen LogP contribution >= 0.6 is 11.6 Å². The third kappa shape index (κ3) is 5.01. The maximum absolute atomic E-state index is 15.4. The summed E-state index contributed by atoms with van der Waals surface area (Å²) in [7, 11) is 3.25. The van der Waals surface area contributed by atoms with Crippen LogP contribution in [0.1, 0.15) is 31.1 Å². The maximum atomic E-state index is 15.4. The zero-order chi connectivity index (χ0) is 30.6. The van der Waals surface area contributed by atoms with E-state index in [1.165, 1.54) is 19.2 Å². The van der Waals surface area contributed by atoms with Crippen molar-refractivity contribution in [3.05, 3.63) is 59.0 Å². The number of pyridine rings is 1. The Labute approximate surface area is 252 Å². The molecule has 1 atom stereocenters. The molecule has 0 saturated carbocycles. The lowest BCUT2D eigenvalue weighted by Crippen LogP contribution is -2.58. The molecule has 10 nitrogen and oxygen atoms in total. The van der Waals surface area contributed by atoms with Crippen LogP contribution in [0.3, 0.4) is 0 Å². The van der Waals surface area contributed by atoms with Gasteiger partial charge in [-0.1, -0.05) is 29.8 Å². The first-order valence-corrected chi connectivity index (χ1v) is 14.3. The Morgan fingerprint density at radius 3 is 2.63 bits per heavy atom. The van der Waals surface area contributed by atoms with E-state index in [1.54, 1.807) is 47.5 Å². The van der Waals surface area contributed by atoms with Crippen molar-refractivity contribution in [1.29, 1.82) is 0 Å². The molecule has 4 aromatic rings. The lowest BCUT2D eigenvalue weighted by atomic mass is 9.98. The number of halogens is 2. The van der Waals surface area contributed by atoms with E-state index in [0.717, 1.165) is 10.9 Å². The number of benzene rings is 2. The Kier molecular flexibility index (Phi) is 7.16. The molecule has 0 aliphatic carbocycles. The molecule has 2 aromatic heterocycles. The summed E-state index contributed by atoms with van der Waals surface area (Å²) in [6, 6.07) is 9.54. The molecular weight excluding hydrogens is 577 g/mol. The summed E-state index contributed by atoms with van der Waals surface area (Å²) in [4.78, 5) is 35.4. The third-order valence-electron chi connectivity index (χ3n) is 7.60. The highest BCUT2D eigenvalue weighted by molar-refractivity contribution is 6.35. The molecule has 1 unspecified atom stereocenters. The summed E-state index contributed by atoms with van der Waals surface area (Å²) < 4.78 is 34.5. The van der Waals surface area contributed by atoms with Crippen LogP contribution < -0.4 is 9.47 Å². The van der Waals surface area contributed by atoms with E-state index < -0.39 is 23.6 Å². The minimum atomic E-state index is -0.661. The smallest absolute Gasteiger partial charge is 0.410 e. The summed E-state index contributed by atoms with van der Waals surface area (Å²) >= 11 is 6.95. The zero-order valence-corrected chi connectivity index (χ0v) is 25.2. The highest BCUT2D eigenvalue weighted by Gasteiger charge is 2.41. The molecule has 4 heterocycles. The number of ether oxygens (including phenoxy) is 3. The van der Waals surface area contributed by atoms with Crippen LogP contribution in [0.2, 0.25) is 5.02 Å². The van der Waals surface area contributed by atoms with Gasteiger partial charge in [-0.05, 0) is 39.0 Å². The Hall–Kier alpha value is -4.38. The zero-order valence-electron chi connectivity index (χ0n) is 24.5. The van der Waals surface area contributed by atoms with Crippen molar-refractivity contribution in [2.75, 3.05) is 33.4 Å². The van der Waals surface area contributed by atoms with Gasteiger partial charge in [0.25, 0.3) is 5.91 Å². The standard InChI is InChI=1S/C31H31ClFN5O5/c1-31(2,3)43-30(40)37-12-13-38-17(15-37)16-42-28-24(29(38)39)26(18-8-6-10-21-19(18)14-34-36(21)4)35-27(25(28)32)23-20(33)9-7-11-22(23)41-5/h6-11,14,17H,12-13,15-16H2,1-5H3. The molecule has 6 rings (SSSR count). The van der Waals surface area contributed by atoms with Gasteiger partial charge in [-0.2, -0.15) is 5.10 Å². The second-order valence-electron chi connectivity index (χ2n) is 11.5. The fourth-order valence-electron chi connectivity index (χ4n) is 5.61. The number of fused-ring (bicyclic) bond motifs is 3. The number of amides is 2. The van der Waals surface area contributed by atoms with Crippen LogP contribution in [0.5, 0.6) is 11.5 Å². The first kappa shape index (κ1) is 28.7. The van der Waals surface area contributed by atoms with E-state index in [4.69, 9.17) is 30.8 Å². The number of aromatic nitrogens is 3. The topological polar surface area (TPSA) is 99.0 Å². The van der Waals surface area contributed by atoms with Crippen LogP contribution in [0.15, 0.2) is 42.6 Å². The largest absolute Gasteiger partial charge is 0.496 e. The summed E-state index contributed by atoms with van der Waals surface area (Å²) in [5.74, 6) is -0.621. The van der Waals surface area contributed by atoms with Gasteiger partial charge in [0.05, 0.1) is 36.1 Å². The van der Waals surface area contributed by atoms with Crippen LogP contribution in [0.4, 0.5) is 9.18 Å². The number of piperazine rings is 1. The van der Waals surface area contributed by atoms with E-state index in [1.807, 2.05) is 25.2 Å². The van der Waals surface area contributed by atoms with Gasteiger partial charge in [0.2, 0.25) is 0 Å². The van der Waals surface area contributed by atoms with Crippen LogP contribution in [0.25, 0.3) is 33.4 Å². The molecule has 12 heteroatoms. The van der Waals surface area contributed by atoms with E-state index in [2.05, 4.69) is 5.10 Å². The van der Waals surface area contributed by atoms with E-state index in [-0.39, 0.29) is 71.2 Å². The Morgan fingerprint density at radius 2 is 1.88 bits per heavy atom. The fourth-order valence-corrected chi connectivity index (χ4v) is 5.89. The third-order valence-corrected chi connectivity index (χ3v) is 7.95. The van der Waals surface area contributed by atoms with Gasteiger partial charge in [0.1, 0.15) is 40.1 Å². The number of hydrogen-bond donors (Lipinski definition) is 0. The number of methoxy groups -OCH3 is 1. The maximum Gasteiger partial charge on any atom is 0.410 e. The lowest BCUT2D eigenvalue weighted by molar-refractivity contribution is 0.000957. The first-order valence-electron chi connectivity index (χ1n) is 13.9. The van der Waals surface area contributed by atoms with E-state index in [9.17, 15) is 9.59 Å². The number of rotatable bonds is 3. The van der Waals surface area contributed by atoms with Crippen molar-refractivity contribution in [3.8, 4) is 34.0 Å². The normalized spacial score (nSPS) is 16.8. The molecule has 43 heavy (non-hydrogen) atoms. The van der Waals surface area contributed by atoms with Crippen molar-refractivity contribution >= 4 is 34.5 Å². The number of carbonyl (C=O) groups is 2. The molecule has 2 aliphatic rings. The second-order valence-corrected chi connectivity index (χ2v) is 11.9. The van der Waals surface area contributed by atoms with Gasteiger partial charge < -0.3 is 24.0 Å². The fraction of sp³-hybridized carbons (Fsp3) is 0.355. The number of carbonyl (C=O) groups excluding carboxylic acids is 2. The molecule has 1 fully saturated rings. The van der Waals surface area contributed by atoms with Crippen molar-refractivity contribution in [2.24, 2.45) is 7.05 Å². The average Bonchev–Trinajstić information content (AvgIpc) is 3.28. The minimum Gasteiger partial charge on any atom is -0.496 e. The van der Waals surface area contributed by atoms with Crippen molar-refractivity contribution in [2.45, 2.75) is 32.4 Å². The lowest BCUT2D eigenvalue weighted by Gasteiger charge is -2.40. The monoisotopic (exact) mass is 607 g/mol. The predicted octanol–water partition coefficient (Wildman–Crippen LogP) is 5.56. The molecule has 2 amide bonds. The molecule has 224 valence electrons. The van der Waals surface area contributed by atoms with Gasteiger partial charge in [0, 0.05) is 37.6 Å². The van der Waals surface area contributed by atoms with Gasteiger partial charge in [-0.25, -0.2) is 14.2 Å². The van der Waals surface area contributed by atoms with Gasteiger partial charge in [-0.3, -0.25) is 9.48 Å². The Balaban J connectivity index is 1.53. The van der Waals surface area contributed by atoms with Gasteiger partial charge in [-0.15, -0.1) is 0 Å². The highest BCUT2D eigenvalue weighted by Crippen LogP contribution is 2.47. The summed E-state index contributed by atoms with van der Waals surface area (Å²) in [5.41, 5.74) is 1.33. The summed E-state index contributed by atoms with van der Waals surface area (Å²) in [6.07, 6.45) is 1.24. The predicted molar refractivity (Wildman–Crippen MR) is 159 cm³/mol.